The largest absolute Gasteiger partial charge is 0.395 e. The highest BCUT2D eigenvalue weighted by Gasteiger charge is 2.39. The quantitative estimate of drug-likeness (QED) is 0.906. The van der Waals surface area contributed by atoms with Crippen molar-refractivity contribution in [3.8, 4) is 6.07 Å². The molecule has 2 heterocycles. The van der Waals surface area contributed by atoms with Crippen LogP contribution >= 0.6 is 0 Å². The van der Waals surface area contributed by atoms with Gasteiger partial charge in [-0.2, -0.15) is 5.26 Å². The summed E-state index contributed by atoms with van der Waals surface area (Å²) in [7, 11) is 0. The molecule has 134 valence electrons. The van der Waals surface area contributed by atoms with Crippen LogP contribution in [0.2, 0.25) is 0 Å². The number of hydrogen-bond acceptors (Lipinski definition) is 4. The number of carbonyl (C=O) groups is 1. The van der Waals surface area contributed by atoms with Crippen LogP contribution < -0.4 is 0 Å². The van der Waals surface area contributed by atoms with Crippen molar-refractivity contribution in [1.29, 1.82) is 5.26 Å². The number of β-amino-alcohol motifs (C(OH)–C–C–N with tert-alkyl or cyclic N) is 1. The number of piperidine rings is 2. The number of rotatable bonds is 4. The molecular weight excluding hydrogens is 314 g/mol. The van der Waals surface area contributed by atoms with Crippen LogP contribution in [0, 0.1) is 17.2 Å². The number of aliphatic hydroxyl groups is 1. The molecule has 0 spiro atoms. The Kier molecular flexibility index (Phi) is 5.72. The Hall–Kier alpha value is -1.90. The molecule has 1 aromatic carbocycles. The summed E-state index contributed by atoms with van der Waals surface area (Å²) in [5.74, 6) is 0.258. The van der Waals surface area contributed by atoms with Crippen molar-refractivity contribution in [2.75, 3.05) is 39.3 Å². The van der Waals surface area contributed by atoms with Crippen molar-refractivity contribution < 1.29 is 9.90 Å². The molecule has 1 aromatic rings. The first-order chi connectivity index (χ1) is 12.2. The van der Waals surface area contributed by atoms with E-state index in [-0.39, 0.29) is 18.4 Å². The van der Waals surface area contributed by atoms with E-state index < -0.39 is 5.41 Å². The summed E-state index contributed by atoms with van der Waals surface area (Å²) in [6, 6.07) is 12.5. The predicted octanol–water partition coefficient (Wildman–Crippen LogP) is 1.77. The summed E-state index contributed by atoms with van der Waals surface area (Å²) in [5.41, 5.74) is 0.601. The van der Waals surface area contributed by atoms with Crippen molar-refractivity contribution in [3.63, 3.8) is 0 Å². The van der Waals surface area contributed by atoms with Crippen LogP contribution in [0.4, 0.5) is 0 Å². The first-order valence-electron chi connectivity index (χ1n) is 9.27. The monoisotopic (exact) mass is 341 g/mol. The number of nitriles is 1. The van der Waals surface area contributed by atoms with E-state index in [0.29, 0.717) is 32.5 Å². The fourth-order valence-corrected chi connectivity index (χ4v) is 4.19. The smallest absolute Gasteiger partial charge is 0.226 e. The van der Waals surface area contributed by atoms with Gasteiger partial charge in [0.1, 0.15) is 0 Å². The predicted molar refractivity (Wildman–Crippen MR) is 95.8 cm³/mol. The first kappa shape index (κ1) is 17.9. The van der Waals surface area contributed by atoms with E-state index in [9.17, 15) is 10.1 Å². The minimum atomic E-state index is -0.465. The molecule has 3 rings (SSSR count). The fraction of sp³-hybridized carbons (Fsp3) is 0.600. The molecule has 0 unspecified atom stereocenters. The zero-order valence-electron chi connectivity index (χ0n) is 14.7. The van der Waals surface area contributed by atoms with Gasteiger partial charge >= 0.3 is 0 Å². The van der Waals surface area contributed by atoms with Crippen molar-refractivity contribution in [2.45, 2.75) is 31.1 Å². The van der Waals surface area contributed by atoms with Gasteiger partial charge in [-0.15, -0.1) is 0 Å². The number of hydrogen-bond donors (Lipinski definition) is 1. The molecule has 0 saturated carbocycles. The van der Waals surface area contributed by atoms with Gasteiger partial charge in [0.25, 0.3) is 0 Å². The summed E-state index contributed by atoms with van der Waals surface area (Å²) in [6.45, 7) is 3.81. The van der Waals surface area contributed by atoms with Crippen molar-refractivity contribution in [2.24, 2.45) is 5.92 Å². The molecule has 2 saturated heterocycles. The zero-order valence-corrected chi connectivity index (χ0v) is 14.7. The third-order valence-corrected chi connectivity index (χ3v) is 5.74. The number of amides is 1. The highest BCUT2D eigenvalue weighted by Crippen LogP contribution is 2.35. The van der Waals surface area contributed by atoms with Gasteiger partial charge in [-0.1, -0.05) is 30.3 Å². The molecule has 1 amide bonds. The van der Waals surface area contributed by atoms with Gasteiger partial charge < -0.3 is 14.9 Å². The van der Waals surface area contributed by atoms with E-state index in [0.717, 1.165) is 31.5 Å². The van der Waals surface area contributed by atoms with Crippen LogP contribution in [-0.2, 0) is 10.2 Å². The van der Waals surface area contributed by atoms with Crippen LogP contribution in [-0.4, -0.2) is 60.1 Å². The second-order valence-corrected chi connectivity index (χ2v) is 7.25. The number of benzene rings is 1. The SMILES string of the molecule is N#CC1(c2ccccc2)CCN(C(=O)[C@H]2CCCN(CCO)C2)CC1. The molecule has 0 aromatic heterocycles. The summed E-state index contributed by atoms with van der Waals surface area (Å²) in [6.07, 6.45) is 3.34. The number of carbonyl (C=O) groups excluding carboxylic acids is 1. The third kappa shape index (κ3) is 3.86. The van der Waals surface area contributed by atoms with Crippen LogP contribution in [0.5, 0.6) is 0 Å². The lowest BCUT2D eigenvalue weighted by Gasteiger charge is -2.40. The second-order valence-electron chi connectivity index (χ2n) is 7.25. The summed E-state index contributed by atoms with van der Waals surface area (Å²) in [5, 5.41) is 18.9. The van der Waals surface area contributed by atoms with E-state index in [1.165, 1.54) is 0 Å². The Labute approximate surface area is 149 Å². The van der Waals surface area contributed by atoms with Crippen LogP contribution in [0.3, 0.4) is 0 Å². The van der Waals surface area contributed by atoms with Gasteiger partial charge in [-0.3, -0.25) is 4.79 Å². The number of nitrogens with zero attached hydrogens (tertiary/aromatic N) is 3. The molecule has 2 aliphatic heterocycles. The second kappa shape index (κ2) is 7.99. The Bertz CT molecular complexity index is 616. The average molecular weight is 341 g/mol. The number of likely N-dealkylation sites (tertiary alicyclic amines) is 2. The van der Waals surface area contributed by atoms with Gasteiger partial charge in [0.2, 0.25) is 5.91 Å². The topological polar surface area (TPSA) is 67.6 Å². The van der Waals surface area contributed by atoms with E-state index >= 15 is 0 Å². The van der Waals surface area contributed by atoms with Gasteiger partial charge in [0.15, 0.2) is 0 Å². The molecule has 1 atom stereocenters. The average Bonchev–Trinajstić information content (AvgIpc) is 2.69. The highest BCUT2D eigenvalue weighted by molar-refractivity contribution is 5.79. The molecule has 5 heteroatoms. The van der Waals surface area contributed by atoms with Crippen LogP contribution in [0.25, 0.3) is 0 Å². The molecular formula is C20H27N3O2. The highest BCUT2D eigenvalue weighted by atomic mass is 16.3. The van der Waals surface area contributed by atoms with Gasteiger partial charge in [0, 0.05) is 26.2 Å². The van der Waals surface area contributed by atoms with Gasteiger partial charge in [-0.05, 0) is 37.8 Å². The fourth-order valence-electron chi connectivity index (χ4n) is 4.19. The van der Waals surface area contributed by atoms with E-state index in [1.807, 2.05) is 35.2 Å². The molecule has 25 heavy (non-hydrogen) atoms. The molecule has 0 bridgehead atoms. The number of aliphatic hydroxyl groups excluding tert-OH is 1. The summed E-state index contributed by atoms with van der Waals surface area (Å²) < 4.78 is 0. The summed E-state index contributed by atoms with van der Waals surface area (Å²) in [4.78, 5) is 17.0. The van der Waals surface area contributed by atoms with Gasteiger partial charge in [0.05, 0.1) is 24.0 Å². The van der Waals surface area contributed by atoms with E-state index in [2.05, 4.69) is 11.0 Å². The first-order valence-corrected chi connectivity index (χ1v) is 9.27. The zero-order chi connectivity index (χ0) is 17.7. The lowest BCUT2D eigenvalue weighted by Crippen LogP contribution is -2.50. The maximum Gasteiger partial charge on any atom is 0.226 e. The van der Waals surface area contributed by atoms with Crippen LogP contribution in [0.15, 0.2) is 30.3 Å². The molecule has 0 aliphatic carbocycles. The molecule has 2 fully saturated rings. The van der Waals surface area contributed by atoms with Crippen molar-refractivity contribution in [3.05, 3.63) is 35.9 Å². The Morgan fingerprint density at radius 2 is 1.96 bits per heavy atom. The van der Waals surface area contributed by atoms with Crippen LogP contribution in [0.1, 0.15) is 31.2 Å². The Balaban J connectivity index is 1.62. The Morgan fingerprint density at radius 3 is 2.60 bits per heavy atom. The molecule has 2 aliphatic rings. The molecule has 5 nitrogen and oxygen atoms in total. The van der Waals surface area contributed by atoms with Gasteiger partial charge in [-0.25, -0.2) is 0 Å². The van der Waals surface area contributed by atoms with E-state index in [4.69, 9.17) is 5.11 Å². The maximum atomic E-state index is 12.9. The van der Waals surface area contributed by atoms with Crippen molar-refractivity contribution in [1.82, 2.24) is 9.80 Å². The lowest BCUT2D eigenvalue weighted by molar-refractivity contribution is -0.138. The minimum Gasteiger partial charge on any atom is -0.395 e. The summed E-state index contributed by atoms with van der Waals surface area (Å²) >= 11 is 0. The molecule has 1 N–H and O–H groups in total. The third-order valence-electron chi connectivity index (χ3n) is 5.74. The normalized spacial score (nSPS) is 23.8. The maximum absolute atomic E-state index is 12.9. The standard InChI is InChI=1S/C20H27N3O2/c21-16-20(18-6-2-1-3-7-18)8-11-23(12-9-20)19(25)17-5-4-10-22(15-17)13-14-24/h1-3,6-7,17,24H,4-5,8-15H2/t17-/m0/s1. The minimum absolute atomic E-state index is 0.0339. The lowest BCUT2D eigenvalue weighted by atomic mass is 9.74. The molecule has 0 radical (unpaired) electrons. The van der Waals surface area contributed by atoms with E-state index in [1.54, 1.807) is 0 Å². The van der Waals surface area contributed by atoms with Crippen molar-refractivity contribution >= 4 is 5.91 Å². The Morgan fingerprint density at radius 1 is 1.24 bits per heavy atom.